The summed E-state index contributed by atoms with van der Waals surface area (Å²) >= 11 is 0. The first kappa shape index (κ1) is 39.4. The fourth-order valence-electron chi connectivity index (χ4n) is 10.4. The molecule has 0 aromatic heterocycles. The third-order valence-electron chi connectivity index (χ3n) is 12.8. The van der Waals surface area contributed by atoms with E-state index in [9.17, 15) is 0 Å². The van der Waals surface area contributed by atoms with Crippen LogP contribution in [0.25, 0.3) is 54.6 Å². The summed E-state index contributed by atoms with van der Waals surface area (Å²) in [5, 5.41) is 7.39. The molecule has 0 fully saturated rings. The van der Waals surface area contributed by atoms with Gasteiger partial charge in [0, 0.05) is 21.9 Å². The van der Waals surface area contributed by atoms with Crippen LogP contribution < -0.4 is 0 Å². The lowest BCUT2D eigenvalue weighted by Crippen LogP contribution is -2.43. The smallest absolute Gasteiger partial charge is 0.125 e. The zero-order chi connectivity index (χ0) is 38.9. The number of benzene rings is 6. The molecule has 0 atom stereocenters. The van der Waals surface area contributed by atoms with E-state index in [0.717, 1.165) is 11.1 Å². The van der Waals surface area contributed by atoms with Crippen LogP contribution in [0.15, 0.2) is 109 Å². The Morgan fingerprint density at radius 1 is 0.333 bits per heavy atom. The van der Waals surface area contributed by atoms with Crippen molar-refractivity contribution < 1.29 is 0 Å². The number of hydrogen-bond donors (Lipinski definition) is 0. The van der Waals surface area contributed by atoms with Gasteiger partial charge in [-0.25, -0.2) is 0 Å². The van der Waals surface area contributed by atoms with E-state index in [1.807, 2.05) is 0 Å². The molecule has 0 saturated heterocycles. The quantitative estimate of drug-likeness (QED) is 0.0828. The molecule has 2 heteroatoms. The molecule has 0 aliphatic carbocycles. The lowest BCUT2D eigenvalue weighted by Gasteiger charge is -2.38. The highest BCUT2D eigenvalue weighted by molar-refractivity contribution is 6.91. The molecular weight excluding hydrogens is 681 g/mol. The van der Waals surface area contributed by atoms with Crippen molar-refractivity contribution in [1.82, 2.24) is 0 Å². The van der Waals surface area contributed by atoms with Crippen molar-refractivity contribution in [3.63, 3.8) is 0 Å². The number of hydrogen-bond acceptors (Lipinski definition) is 0. The van der Waals surface area contributed by atoms with E-state index in [4.69, 9.17) is 0 Å². The van der Waals surface area contributed by atoms with Crippen molar-refractivity contribution in [3.8, 4) is 45.2 Å². The summed E-state index contributed by atoms with van der Waals surface area (Å²) < 4.78 is 0. The van der Waals surface area contributed by atoms with Crippen LogP contribution >= 0.6 is 0 Å². The summed E-state index contributed by atoms with van der Waals surface area (Å²) in [6, 6.07) is 40.2. The Morgan fingerprint density at radius 2 is 0.593 bits per heavy atom. The molecule has 0 N–H and O–H groups in total. The molecule has 0 nitrogen and oxygen atoms in total. The van der Waals surface area contributed by atoms with Gasteiger partial charge in [0.2, 0.25) is 0 Å². The second-order valence-electron chi connectivity index (χ2n) is 17.4. The van der Waals surface area contributed by atoms with Crippen LogP contribution in [0, 0.1) is 22.9 Å². The predicted octanol–water partition coefficient (Wildman–Crippen LogP) is 15.6. The van der Waals surface area contributed by atoms with Gasteiger partial charge in [-0.3, -0.25) is 0 Å². The zero-order valence-electron chi connectivity index (χ0n) is 34.9. The first-order valence-electron chi connectivity index (χ1n) is 20.4. The van der Waals surface area contributed by atoms with Gasteiger partial charge in [-0.2, -0.15) is 0 Å². The average Bonchev–Trinajstić information content (AvgIpc) is 3.14. The highest BCUT2D eigenvalue weighted by Crippen LogP contribution is 2.49. The third kappa shape index (κ3) is 6.57. The van der Waals surface area contributed by atoms with E-state index in [0.29, 0.717) is 33.2 Å². The van der Waals surface area contributed by atoms with Crippen molar-refractivity contribution in [1.29, 1.82) is 0 Å². The van der Waals surface area contributed by atoms with Crippen LogP contribution in [0.3, 0.4) is 0 Å². The minimum absolute atomic E-state index is 0.531. The zero-order valence-corrected chi connectivity index (χ0v) is 36.9. The molecule has 6 aromatic rings. The second kappa shape index (κ2) is 15.8. The van der Waals surface area contributed by atoms with Crippen molar-refractivity contribution in [2.75, 3.05) is 0 Å². The van der Waals surface area contributed by atoms with E-state index in [2.05, 4.69) is 215 Å². The molecule has 0 aliphatic rings. The molecule has 0 bridgehead atoms. The normalized spacial score (nSPS) is 12.4. The van der Waals surface area contributed by atoms with Crippen molar-refractivity contribution >= 4 is 48.5 Å². The molecule has 0 aliphatic heterocycles. The summed E-state index contributed by atoms with van der Waals surface area (Å²) in [5.74, 6) is 8.19. The first-order chi connectivity index (χ1) is 25.8. The van der Waals surface area contributed by atoms with Gasteiger partial charge in [0.25, 0.3) is 0 Å². The maximum atomic E-state index is 4.20. The molecule has 54 heavy (non-hydrogen) atoms. The highest BCUT2D eigenvalue weighted by Gasteiger charge is 2.43. The molecule has 0 heterocycles. The topological polar surface area (TPSA) is 0 Å². The van der Waals surface area contributed by atoms with Crippen molar-refractivity contribution in [3.05, 3.63) is 120 Å². The summed E-state index contributed by atoms with van der Waals surface area (Å²) in [4.78, 5) is 0. The molecule has 0 spiro atoms. The van der Waals surface area contributed by atoms with E-state index >= 15 is 0 Å². The number of rotatable bonds is 8. The Hall–Kier alpha value is -4.35. The minimum atomic E-state index is -2.09. The summed E-state index contributed by atoms with van der Waals surface area (Å²) in [6.07, 6.45) is 0. The van der Waals surface area contributed by atoms with Gasteiger partial charge in [-0.15, -0.1) is 11.1 Å². The first-order valence-corrected chi connectivity index (χ1v) is 24.9. The molecule has 276 valence electrons. The highest BCUT2D eigenvalue weighted by atomic mass is 28.3. The van der Waals surface area contributed by atoms with Crippen LogP contribution in [-0.2, 0) is 0 Å². The maximum Gasteiger partial charge on any atom is 0.146 e. The fourth-order valence-corrected chi connectivity index (χ4v) is 20.8. The Bertz CT molecular complexity index is 2190. The van der Waals surface area contributed by atoms with Gasteiger partial charge in [-0.1, -0.05) is 204 Å². The molecule has 0 radical (unpaired) electrons. The summed E-state index contributed by atoms with van der Waals surface area (Å²) in [5.41, 5.74) is 18.8. The third-order valence-corrected chi connectivity index (χ3v) is 25.4. The van der Waals surface area contributed by atoms with Gasteiger partial charge < -0.3 is 0 Å². The van der Waals surface area contributed by atoms with Crippen molar-refractivity contribution in [2.24, 2.45) is 0 Å². The van der Waals surface area contributed by atoms with Crippen LogP contribution in [0.2, 0.25) is 33.2 Å². The van der Waals surface area contributed by atoms with E-state index in [-0.39, 0.29) is 0 Å². The monoisotopic (exact) mass is 740 g/mol. The van der Waals surface area contributed by atoms with Crippen LogP contribution in [0.4, 0.5) is 0 Å². The Morgan fingerprint density at radius 3 is 0.870 bits per heavy atom. The average molecular weight is 741 g/mol. The SMILES string of the molecule is CC(C)[Si](C#Cc1c2ccccc2c(C#C[Si](C(C)C)(C(C)C)C(C)C)c2c(-c3ccccc3)c3ccccc3c(-c3ccccc3)c12)(C(C)C)C(C)C. The summed E-state index contributed by atoms with van der Waals surface area (Å²) in [7, 11) is -4.18. The lowest BCUT2D eigenvalue weighted by atomic mass is 9.80. The van der Waals surface area contributed by atoms with Gasteiger partial charge in [0.05, 0.1) is 0 Å². The molecule has 6 rings (SSSR count). The lowest BCUT2D eigenvalue weighted by molar-refractivity contribution is 0.838. The maximum absolute atomic E-state index is 4.20. The molecule has 0 amide bonds. The van der Waals surface area contributed by atoms with Gasteiger partial charge in [0.1, 0.15) is 16.1 Å². The fraction of sp³-hybridized carbons (Fsp3) is 0.346. The minimum Gasteiger partial charge on any atom is -0.125 e. The Balaban J connectivity index is 2.00. The van der Waals surface area contributed by atoms with Crippen LogP contribution in [0.5, 0.6) is 0 Å². The van der Waals surface area contributed by atoms with Crippen molar-refractivity contribution in [2.45, 2.75) is 116 Å². The van der Waals surface area contributed by atoms with Gasteiger partial charge in [-0.05, 0) is 77.0 Å². The van der Waals surface area contributed by atoms with E-state index < -0.39 is 16.1 Å². The Kier molecular flexibility index (Phi) is 11.5. The van der Waals surface area contributed by atoms with Crippen LogP contribution in [-0.4, -0.2) is 16.1 Å². The predicted molar refractivity (Wildman–Crippen MR) is 246 cm³/mol. The standard InChI is InChI=1S/C52H60Si2/c1-35(2)53(36(3)4,37(5)6)33-31-47-43-27-19-20-28-44(43)48(32-34-54(38(7)8,39(9)10)40(11)12)52-50(42-25-17-14-18-26-42)46-30-22-21-29-45(46)49(51(47)52)41-23-15-13-16-24-41/h13-30,35-40H,1-12H3. The Labute approximate surface area is 328 Å². The summed E-state index contributed by atoms with van der Waals surface area (Å²) in [6.45, 7) is 29.0. The van der Waals surface area contributed by atoms with Gasteiger partial charge in [0.15, 0.2) is 0 Å². The molecule has 0 unspecified atom stereocenters. The van der Waals surface area contributed by atoms with Gasteiger partial charge >= 0.3 is 0 Å². The molecular formula is C52H60Si2. The van der Waals surface area contributed by atoms with E-state index in [1.165, 1.54) is 54.6 Å². The molecule has 0 saturated carbocycles. The second-order valence-corrected chi connectivity index (χ2v) is 28.5. The van der Waals surface area contributed by atoms with E-state index in [1.54, 1.807) is 0 Å². The number of fused-ring (bicyclic) bond motifs is 3. The largest absolute Gasteiger partial charge is 0.146 e. The molecule has 6 aromatic carbocycles. The van der Waals surface area contributed by atoms with Crippen LogP contribution in [0.1, 0.15) is 94.2 Å².